The normalized spacial score (nSPS) is 16.7. The number of anilines is 1. The van der Waals surface area contributed by atoms with E-state index >= 15 is 0 Å². The smallest absolute Gasteiger partial charge is 0.406 e. The van der Waals surface area contributed by atoms with Gasteiger partial charge in [-0.25, -0.2) is 0 Å². The highest BCUT2D eigenvalue weighted by Crippen LogP contribution is 2.23. The maximum Gasteiger partial charge on any atom is 0.573 e. The zero-order valence-electron chi connectivity index (χ0n) is 13.9. The zero-order valence-corrected chi connectivity index (χ0v) is 13.9. The third kappa shape index (κ3) is 6.61. The number of rotatable bonds is 7. The lowest BCUT2D eigenvalue weighted by molar-refractivity contribution is -0.885. The SMILES string of the molecule is C[C@@H](C(=O)NC1CC1)[NH+](C)CC(=O)Nc1ccc(OC(F)(F)F)cc1. The summed E-state index contributed by atoms with van der Waals surface area (Å²) >= 11 is 0. The Morgan fingerprint density at radius 3 is 2.40 bits per heavy atom. The van der Waals surface area contributed by atoms with Crippen molar-refractivity contribution in [2.45, 2.75) is 38.2 Å². The first-order valence-electron chi connectivity index (χ1n) is 7.92. The van der Waals surface area contributed by atoms with Crippen molar-refractivity contribution in [3.63, 3.8) is 0 Å². The number of nitrogens with one attached hydrogen (secondary N) is 3. The lowest BCUT2D eigenvalue weighted by atomic mass is 10.2. The van der Waals surface area contributed by atoms with Crippen molar-refractivity contribution in [3.05, 3.63) is 24.3 Å². The van der Waals surface area contributed by atoms with E-state index in [4.69, 9.17) is 0 Å². The minimum atomic E-state index is -4.76. The van der Waals surface area contributed by atoms with Gasteiger partial charge in [0.25, 0.3) is 11.8 Å². The number of halogens is 3. The number of ether oxygens (including phenoxy) is 1. The minimum Gasteiger partial charge on any atom is -0.406 e. The summed E-state index contributed by atoms with van der Waals surface area (Å²) in [6, 6.07) is 4.74. The molecule has 1 saturated carbocycles. The van der Waals surface area contributed by atoms with E-state index < -0.39 is 6.36 Å². The Labute approximate surface area is 143 Å². The van der Waals surface area contributed by atoms with Crippen LogP contribution in [0, 0.1) is 0 Å². The van der Waals surface area contributed by atoms with E-state index in [0.29, 0.717) is 10.6 Å². The van der Waals surface area contributed by atoms with Crippen LogP contribution in [0.4, 0.5) is 18.9 Å². The summed E-state index contributed by atoms with van der Waals surface area (Å²) in [5, 5.41) is 5.47. The number of benzene rings is 1. The average Bonchev–Trinajstić information content (AvgIpc) is 3.30. The summed E-state index contributed by atoms with van der Waals surface area (Å²) in [4.78, 5) is 24.7. The van der Waals surface area contributed by atoms with Crippen LogP contribution < -0.4 is 20.3 Å². The highest BCUT2D eigenvalue weighted by Gasteiger charge is 2.31. The molecule has 6 nitrogen and oxygen atoms in total. The Morgan fingerprint density at radius 1 is 1.28 bits per heavy atom. The molecule has 3 N–H and O–H groups in total. The zero-order chi connectivity index (χ0) is 18.6. The third-order valence-corrected chi connectivity index (χ3v) is 3.87. The van der Waals surface area contributed by atoms with Gasteiger partial charge in [-0.1, -0.05) is 0 Å². The van der Waals surface area contributed by atoms with Gasteiger partial charge in [-0.3, -0.25) is 9.59 Å². The van der Waals surface area contributed by atoms with Crippen LogP contribution in [-0.4, -0.2) is 43.9 Å². The third-order valence-electron chi connectivity index (χ3n) is 3.87. The Hall–Kier alpha value is -2.29. The first kappa shape index (κ1) is 19.0. The van der Waals surface area contributed by atoms with E-state index in [1.165, 1.54) is 12.1 Å². The molecule has 1 aliphatic carbocycles. The Bertz CT molecular complexity index is 615. The van der Waals surface area contributed by atoms with E-state index in [2.05, 4.69) is 15.4 Å². The van der Waals surface area contributed by atoms with Crippen LogP contribution in [0.25, 0.3) is 0 Å². The highest BCUT2D eigenvalue weighted by molar-refractivity contribution is 5.91. The summed E-state index contributed by atoms with van der Waals surface area (Å²) in [6.45, 7) is 1.80. The standard InChI is InChI=1S/C16H20F3N3O3/c1-10(15(24)21-12-3-4-12)22(2)9-14(23)20-11-5-7-13(8-6-11)25-16(17,18)19/h5-8,10,12H,3-4,9H2,1-2H3,(H,20,23)(H,21,24)/p+1/t10-/m0/s1. The number of alkyl halides is 3. The Morgan fingerprint density at radius 2 is 1.88 bits per heavy atom. The van der Waals surface area contributed by atoms with Gasteiger partial charge in [0.05, 0.1) is 7.05 Å². The molecule has 1 aliphatic rings. The van der Waals surface area contributed by atoms with Crippen molar-refractivity contribution in [1.29, 1.82) is 0 Å². The lowest BCUT2D eigenvalue weighted by Crippen LogP contribution is -3.15. The molecule has 0 aliphatic heterocycles. The number of likely N-dealkylation sites (N-methyl/N-ethyl adjacent to an activating group) is 1. The van der Waals surface area contributed by atoms with E-state index in [0.717, 1.165) is 25.0 Å². The second kappa shape index (κ2) is 7.73. The highest BCUT2D eigenvalue weighted by atomic mass is 19.4. The summed E-state index contributed by atoms with van der Waals surface area (Å²) < 4.78 is 40.0. The van der Waals surface area contributed by atoms with Crippen LogP contribution in [0.5, 0.6) is 5.75 Å². The van der Waals surface area contributed by atoms with E-state index in [-0.39, 0.29) is 36.2 Å². The number of carbonyl (C=O) groups excluding carboxylic acids is 2. The van der Waals surface area contributed by atoms with Crippen molar-refractivity contribution in [1.82, 2.24) is 5.32 Å². The molecular weight excluding hydrogens is 339 g/mol. The molecule has 0 bridgehead atoms. The van der Waals surface area contributed by atoms with Gasteiger partial charge in [0.2, 0.25) is 0 Å². The van der Waals surface area contributed by atoms with E-state index in [1.54, 1.807) is 14.0 Å². The molecule has 138 valence electrons. The molecule has 0 saturated heterocycles. The van der Waals surface area contributed by atoms with Crippen molar-refractivity contribution >= 4 is 17.5 Å². The van der Waals surface area contributed by atoms with Crippen molar-refractivity contribution in [2.75, 3.05) is 18.9 Å². The fraction of sp³-hybridized carbons (Fsp3) is 0.500. The van der Waals surface area contributed by atoms with Crippen molar-refractivity contribution < 1.29 is 32.4 Å². The Balaban J connectivity index is 1.81. The van der Waals surface area contributed by atoms with Crippen LogP contribution in [0.1, 0.15) is 19.8 Å². The van der Waals surface area contributed by atoms with Crippen LogP contribution in [-0.2, 0) is 9.59 Å². The molecule has 0 radical (unpaired) electrons. The van der Waals surface area contributed by atoms with Crippen LogP contribution in [0.15, 0.2) is 24.3 Å². The first-order valence-corrected chi connectivity index (χ1v) is 7.92. The van der Waals surface area contributed by atoms with Crippen molar-refractivity contribution in [2.24, 2.45) is 0 Å². The van der Waals surface area contributed by atoms with Gasteiger partial charge >= 0.3 is 6.36 Å². The fourth-order valence-corrected chi connectivity index (χ4v) is 2.13. The molecule has 2 rings (SSSR count). The van der Waals surface area contributed by atoms with Gasteiger partial charge in [-0.15, -0.1) is 13.2 Å². The minimum absolute atomic E-state index is 0.0556. The molecule has 1 aromatic carbocycles. The molecule has 9 heteroatoms. The molecule has 1 fully saturated rings. The molecule has 1 unspecified atom stereocenters. The monoisotopic (exact) mass is 360 g/mol. The quantitative estimate of drug-likeness (QED) is 0.671. The average molecular weight is 360 g/mol. The topological polar surface area (TPSA) is 71.9 Å². The van der Waals surface area contributed by atoms with E-state index in [9.17, 15) is 22.8 Å². The van der Waals surface area contributed by atoms with E-state index in [1.807, 2.05) is 0 Å². The number of quaternary nitrogens is 1. The van der Waals surface area contributed by atoms with Crippen LogP contribution in [0.2, 0.25) is 0 Å². The Kier molecular flexibility index (Phi) is 5.89. The second-order valence-corrected chi connectivity index (χ2v) is 6.15. The number of hydrogen-bond donors (Lipinski definition) is 3. The van der Waals surface area contributed by atoms with Gasteiger partial charge in [-0.2, -0.15) is 0 Å². The molecule has 0 heterocycles. The molecule has 2 atom stereocenters. The van der Waals surface area contributed by atoms with Gasteiger partial charge in [-0.05, 0) is 44.0 Å². The summed E-state index contributed by atoms with van der Waals surface area (Å²) in [5.41, 5.74) is 0.349. The maximum absolute atomic E-state index is 12.1. The fourth-order valence-electron chi connectivity index (χ4n) is 2.13. The molecule has 1 aromatic rings. The summed E-state index contributed by atoms with van der Waals surface area (Å²) in [6.07, 6.45) is -2.77. The molecular formula is C16H21F3N3O3+. The predicted octanol–water partition coefficient (Wildman–Crippen LogP) is 0.705. The number of hydrogen-bond acceptors (Lipinski definition) is 3. The van der Waals surface area contributed by atoms with Gasteiger partial charge in [0, 0.05) is 11.7 Å². The van der Waals surface area contributed by atoms with Crippen molar-refractivity contribution in [3.8, 4) is 5.75 Å². The predicted molar refractivity (Wildman–Crippen MR) is 84.1 cm³/mol. The number of carbonyl (C=O) groups is 2. The molecule has 0 spiro atoms. The van der Waals surface area contributed by atoms with Gasteiger partial charge < -0.3 is 20.3 Å². The first-order chi connectivity index (χ1) is 11.6. The van der Waals surface area contributed by atoms with Gasteiger partial charge in [0.15, 0.2) is 12.6 Å². The second-order valence-electron chi connectivity index (χ2n) is 6.15. The summed E-state index contributed by atoms with van der Waals surface area (Å²) in [7, 11) is 1.73. The number of amides is 2. The summed E-state index contributed by atoms with van der Waals surface area (Å²) in [5.74, 6) is -0.798. The maximum atomic E-state index is 12.1. The lowest BCUT2D eigenvalue weighted by Gasteiger charge is -2.20. The molecule has 2 amide bonds. The van der Waals surface area contributed by atoms with Crippen LogP contribution in [0.3, 0.4) is 0 Å². The molecule has 0 aromatic heterocycles. The molecule has 25 heavy (non-hydrogen) atoms. The van der Waals surface area contributed by atoms with Gasteiger partial charge in [0.1, 0.15) is 5.75 Å². The van der Waals surface area contributed by atoms with Crippen LogP contribution >= 0.6 is 0 Å². The largest absolute Gasteiger partial charge is 0.573 e.